The molecule has 0 fully saturated rings. The molecule has 1 heterocycles. The molecule has 0 aromatic carbocycles. The van der Waals surface area contributed by atoms with Gasteiger partial charge in [0.2, 0.25) is 0 Å². The van der Waals surface area contributed by atoms with Crippen molar-refractivity contribution in [2.24, 2.45) is 0 Å². The van der Waals surface area contributed by atoms with E-state index >= 15 is 0 Å². The Labute approximate surface area is 104 Å². The molecule has 0 spiro atoms. The molecule has 17 heavy (non-hydrogen) atoms. The van der Waals surface area contributed by atoms with Crippen LogP contribution in [0.1, 0.15) is 16.2 Å². The van der Waals surface area contributed by atoms with Gasteiger partial charge >= 0.3 is 5.97 Å². The molecule has 92 valence electrons. The highest BCUT2D eigenvalue weighted by molar-refractivity contribution is 7.99. The highest BCUT2D eigenvalue weighted by Crippen LogP contribution is 1.99. The SMILES string of the molecule is Cc1cccc(C(=O)NCCSCC(=O)O)n1. The molecule has 5 nitrogen and oxygen atoms in total. The van der Waals surface area contributed by atoms with E-state index in [1.165, 1.54) is 11.8 Å². The maximum Gasteiger partial charge on any atom is 0.313 e. The standard InChI is InChI=1S/C11H14N2O3S/c1-8-3-2-4-9(13-8)11(16)12-5-6-17-7-10(14)15/h2-4H,5-7H2,1H3,(H,12,16)(H,14,15). The molecule has 1 aromatic rings. The van der Waals surface area contributed by atoms with Crippen molar-refractivity contribution in [2.45, 2.75) is 6.92 Å². The Kier molecular flexibility index (Phi) is 5.48. The first-order valence-corrected chi connectivity index (χ1v) is 6.26. The summed E-state index contributed by atoms with van der Waals surface area (Å²) in [5.74, 6) is -0.450. The fourth-order valence-electron chi connectivity index (χ4n) is 1.16. The zero-order valence-electron chi connectivity index (χ0n) is 9.47. The van der Waals surface area contributed by atoms with E-state index in [0.717, 1.165) is 5.69 Å². The number of carbonyl (C=O) groups is 2. The molecule has 1 rings (SSSR count). The van der Waals surface area contributed by atoms with Crippen LogP contribution in [0.25, 0.3) is 0 Å². The molecule has 0 aliphatic carbocycles. The van der Waals surface area contributed by atoms with Gasteiger partial charge in [-0.15, -0.1) is 11.8 Å². The lowest BCUT2D eigenvalue weighted by Crippen LogP contribution is -2.26. The lowest BCUT2D eigenvalue weighted by molar-refractivity contribution is -0.133. The largest absolute Gasteiger partial charge is 0.481 e. The Hall–Kier alpha value is -1.56. The van der Waals surface area contributed by atoms with Gasteiger partial charge in [0.1, 0.15) is 5.69 Å². The molecule has 0 aliphatic rings. The van der Waals surface area contributed by atoms with Crippen molar-refractivity contribution in [3.05, 3.63) is 29.6 Å². The molecular weight excluding hydrogens is 240 g/mol. The first kappa shape index (κ1) is 13.5. The third-order valence-electron chi connectivity index (χ3n) is 1.88. The zero-order valence-corrected chi connectivity index (χ0v) is 10.3. The monoisotopic (exact) mass is 254 g/mol. The summed E-state index contributed by atoms with van der Waals surface area (Å²) < 4.78 is 0. The molecule has 1 aromatic heterocycles. The first-order valence-electron chi connectivity index (χ1n) is 5.11. The summed E-state index contributed by atoms with van der Waals surface area (Å²) >= 11 is 1.27. The van der Waals surface area contributed by atoms with E-state index in [1.54, 1.807) is 12.1 Å². The van der Waals surface area contributed by atoms with Gasteiger partial charge in [0.15, 0.2) is 0 Å². The molecular formula is C11H14N2O3S. The van der Waals surface area contributed by atoms with Crippen LogP contribution in [0.5, 0.6) is 0 Å². The van der Waals surface area contributed by atoms with Crippen molar-refractivity contribution in [3.8, 4) is 0 Å². The van der Waals surface area contributed by atoms with Gasteiger partial charge in [0, 0.05) is 18.0 Å². The van der Waals surface area contributed by atoms with Crippen molar-refractivity contribution < 1.29 is 14.7 Å². The van der Waals surface area contributed by atoms with Crippen LogP contribution in [0, 0.1) is 6.92 Å². The summed E-state index contributed by atoms with van der Waals surface area (Å²) in [7, 11) is 0. The number of hydrogen-bond acceptors (Lipinski definition) is 4. The fraction of sp³-hybridized carbons (Fsp3) is 0.364. The van der Waals surface area contributed by atoms with Crippen molar-refractivity contribution in [1.29, 1.82) is 0 Å². The highest BCUT2D eigenvalue weighted by atomic mass is 32.2. The van der Waals surface area contributed by atoms with E-state index < -0.39 is 5.97 Å². The van der Waals surface area contributed by atoms with E-state index in [2.05, 4.69) is 10.3 Å². The zero-order chi connectivity index (χ0) is 12.7. The minimum absolute atomic E-state index is 0.0541. The normalized spacial score (nSPS) is 9.94. The number of aryl methyl sites for hydroxylation is 1. The summed E-state index contributed by atoms with van der Waals surface area (Å²) in [6.07, 6.45) is 0. The van der Waals surface area contributed by atoms with Gasteiger partial charge in [0.05, 0.1) is 5.75 Å². The van der Waals surface area contributed by atoms with Gasteiger partial charge < -0.3 is 10.4 Å². The van der Waals surface area contributed by atoms with Crippen molar-refractivity contribution in [2.75, 3.05) is 18.1 Å². The van der Waals surface area contributed by atoms with Crippen LogP contribution in [0.2, 0.25) is 0 Å². The topological polar surface area (TPSA) is 79.3 Å². The average Bonchev–Trinajstić information content (AvgIpc) is 2.28. The third kappa shape index (κ3) is 5.35. The first-order chi connectivity index (χ1) is 8.09. The Morgan fingerprint density at radius 2 is 2.24 bits per heavy atom. The number of nitrogens with one attached hydrogen (secondary N) is 1. The number of carboxylic acids is 1. The number of thioether (sulfide) groups is 1. The Morgan fingerprint density at radius 3 is 2.88 bits per heavy atom. The molecule has 0 bridgehead atoms. The fourth-order valence-corrected chi connectivity index (χ4v) is 1.72. The Balaban J connectivity index is 2.28. The number of hydrogen-bond donors (Lipinski definition) is 2. The second-order valence-corrected chi connectivity index (χ2v) is 4.47. The average molecular weight is 254 g/mol. The number of nitrogens with zero attached hydrogens (tertiary/aromatic N) is 1. The lowest BCUT2D eigenvalue weighted by Gasteiger charge is -2.04. The van der Waals surface area contributed by atoms with E-state index in [1.807, 2.05) is 13.0 Å². The second kappa shape index (κ2) is 6.90. The predicted molar refractivity (Wildman–Crippen MR) is 66.3 cm³/mol. The van der Waals surface area contributed by atoms with E-state index in [-0.39, 0.29) is 11.7 Å². The molecule has 6 heteroatoms. The Bertz CT molecular complexity index is 409. The maximum absolute atomic E-state index is 11.6. The number of pyridine rings is 1. The maximum atomic E-state index is 11.6. The summed E-state index contributed by atoms with van der Waals surface area (Å²) in [6.45, 7) is 2.26. The summed E-state index contributed by atoms with van der Waals surface area (Å²) in [5, 5.41) is 11.1. The quantitative estimate of drug-likeness (QED) is 0.738. The molecule has 0 radical (unpaired) electrons. The molecule has 0 atom stereocenters. The highest BCUT2D eigenvalue weighted by Gasteiger charge is 2.06. The molecule has 1 amide bonds. The van der Waals surface area contributed by atoms with Crippen LogP contribution in [-0.4, -0.2) is 40.0 Å². The number of aliphatic carboxylic acids is 1. The molecule has 0 aliphatic heterocycles. The van der Waals surface area contributed by atoms with E-state index in [0.29, 0.717) is 18.0 Å². The number of rotatable bonds is 6. The summed E-state index contributed by atoms with van der Waals surface area (Å²) in [4.78, 5) is 25.9. The summed E-state index contributed by atoms with van der Waals surface area (Å²) in [5.41, 5.74) is 1.17. The van der Waals surface area contributed by atoms with Gasteiger partial charge in [-0.2, -0.15) is 0 Å². The second-order valence-electron chi connectivity index (χ2n) is 3.37. The Morgan fingerprint density at radius 1 is 1.47 bits per heavy atom. The smallest absolute Gasteiger partial charge is 0.313 e. The molecule has 0 unspecified atom stereocenters. The van der Waals surface area contributed by atoms with Crippen LogP contribution in [-0.2, 0) is 4.79 Å². The van der Waals surface area contributed by atoms with Gasteiger partial charge in [0.25, 0.3) is 5.91 Å². The van der Waals surface area contributed by atoms with Crippen LogP contribution in [0.3, 0.4) is 0 Å². The van der Waals surface area contributed by atoms with Gasteiger partial charge in [-0.1, -0.05) is 6.07 Å². The predicted octanol–water partition coefficient (Wildman–Crippen LogP) is 0.938. The molecule has 2 N–H and O–H groups in total. The van der Waals surface area contributed by atoms with Crippen LogP contribution < -0.4 is 5.32 Å². The van der Waals surface area contributed by atoms with Crippen molar-refractivity contribution in [1.82, 2.24) is 10.3 Å². The lowest BCUT2D eigenvalue weighted by atomic mass is 10.3. The van der Waals surface area contributed by atoms with Crippen molar-refractivity contribution >= 4 is 23.6 Å². The number of carboxylic acid groups (broad SMARTS) is 1. The number of carbonyl (C=O) groups excluding carboxylic acids is 1. The van der Waals surface area contributed by atoms with Crippen LogP contribution in [0.15, 0.2) is 18.2 Å². The van der Waals surface area contributed by atoms with Gasteiger partial charge in [-0.3, -0.25) is 9.59 Å². The van der Waals surface area contributed by atoms with Gasteiger partial charge in [-0.05, 0) is 19.1 Å². The van der Waals surface area contributed by atoms with Crippen molar-refractivity contribution in [3.63, 3.8) is 0 Å². The molecule has 0 saturated heterocycles. The van der Waals surface area contributed by atoms with Crippen LogP contribution in [0.4, 0.5) is 0 Å². The molecule has 0 saturated carbocycles. The summed E-state index contributed by atoms with van der Waals surface area (Å²) in [6, 6.07) is 5.24. The van der Waals surface area contributed by atoms with Crippen LogP contribution >= 0.6 is 11.8 Å². The number of amides is 1. The van der Waals surface area contributed by atoms with E-state index in [9.17, 15) is 9.59 Å². The number of aromatic nitrogens is 1. The third-order valence-corrected chi connectivity index (χ3v) is 2.82. The minimum atomic E-state index is -0.846. The van der Waals surface area contributed by atoms with Gasteiger partial charge in [-0.25, -0.2) is 4.98 Å². The minimum Gasteiger partial charge on any atom is -0.481 e. The van der Waals surface area contributed by atoms with E-state index in [4.69, 9.17) is 5.11 Å².